The molecule has 1 aromatic heterocycles. The van der Waals surface area contributed by atoms with Gasteiger partial charge in [-0.1, -0.05) is 36.8 Å². The van der Waals surface area contributed by atoms with Crippen molar-refractivity contribution in [3.63, 3.8) is 0 Å². The summed E-state index contributed by atoms with van der Waals surface area (Å²) in [5.74, 6) is -0.319. The van der Waals surface area contributed by atoms with Crippen LogP contribution < -0.4 is 16.6 Å². The number of nitrogens with zero attached hydrogens (tertiary/aromatic N) is 2. The number of nitrogens with one attached hydrogen (secondary N) is 1. The fourth-order valence-corrected chi connectivity index (χ4v) is 3.04. The second-order valence-corrected chi connectivity index (χ2v) is 6.73. The first-order valence-corrected chi connectivity index (χ1v) is 9.03. The van der Waals surface area contributed by atoms with Gasteiger partial charge in [0.15, 0.2) is 0 Å². The van der Waals surface area contributed by atoms with Crippen molar-refractivity contribution in [1.29, 1.82) is 0 Å². The van der Waals surface area contributed by atoms with Gasteiger partial charge in [-0.25, -0.2) is 4.79 Å². The third-order valence-electron chi connectivity index (χ3n) is 4.75. The predicted molar refractivity (Wildman–Crippen MR) is 107 cm³/mol. The molecule has 0 fully saturated rings. The molecule has 140 valence electrons. The summed E-state index contributed by atoms with van der Waals surface area (Å²) in [7, 11) is 0. The number of aromatic nitrogens is 2. The van der Waals surface area contributed by atoms with Crippen molar-refractivity contribution in [2.75, 3.05) is 5.32 Å². The molecular formula is C21H23N3O3. The SMILES string of the molecule is CC[C@H](C)n1c(=O)c2ccccc2n(CC(=O)Nc2ccc(C)cc2)c1=O. The minimum absolute atomic E-state index is 0.163. The lowest BCUT2D eigenvalue weighted by Crippen LogP contribution is -2.43. The molecule has 1 heterocycles. The molecule has 6 heteroatoms. The predicted octanol–water partition coefficient (Wildman–Crippen LogP) is 3.08. The lowest BCUT2D eigenvalue weighted by molar-refractivity contribution is -0.116. The van der Waals surface area contributed by atoms with E-state index in [1.165, 1.54) is 9.13 Å². The van der Waals surface area contributed by atoms with Crippen LogP contribution >= 0.6 is 0 Å². The summed E-state index contributed by atoms with van der Waals surface area (Å²) in [6.07, 6.45) is 0.642. The summed E-state index contributed by atoms with van der Waals surface area (Å²) in [6, 6.07) is 14.1. The van der Waals surface area contributed by atoms with E-state index < -0.39 is 5.69 Å². The molecule has 3 rings (SSSR count). The smallest absolute Gasteiger partial charge is 0.325 e. The molecule has 1 atom stereocenters. The normalized spacial score (nSPS) is 12.1. The van der Waals surface area contributed by atoms with E-state index in [1.807, 2.05) is 45.0 Å². The Balaban J connectivity index is 2.05. The highest BCUT2D eigenvalue weighted by Crippen LogP contribution is 2.12. The van der Waals surface area contributed by atoms with Gasteiger partial charge in [0.25, 0.3) is 5.56 Å². The quantitative estimate of drug-likeness (QED) is 0.755. The van der Waals surface area contributed by atoms with Crippen molar-refractivity contribution in [3.05, 3.63) is 74.9 Å². The summed E-state index contributed by atoms with van der Waals surface area (Å²) < 4.78 is 2.61. The van der Waals surface area contributed by atoms with Gasteiger partial charge in [-0.3, -0.25) is 18.7 Å². The molecule has 0 aliphatic carbocycles. The molecule has 0 saturated carbocycles. The van der Waals surface area contributed by atoms with Crippen LogP contribution in [0.15, 0.2) is 58.1 Å². The number of hydrogen-bond donors (Lipinski definition) is 1. The van der Waals surface area contributed by atoms with Crippen molar-refractivity contribution in [1.82, 2.24) is 9.13 Å². The van der Waals surface area contributed by atoms with Crippen molar-refractivity contribution in [3.8, 4) is 0 Å². The lowest BCUT2D eigenvalue weighted by atomic mass is 10.2. The molecule has 1 amide bonds. The zero-order valence-electron chi connectivity index (χ0n) is 15.7. The minimum atomic E-state index is -0.466. The van der Waals surface area contributed by atoms with Crippen LogP contribution in [0.4, 0.5) is 5.69 Å². The number of amides is 1. The molecule has 0 spiro atoms. The van der Waals surface area contributed by atoms with Gasteiger partial charge >= 0.3 is 5.69 Å². The molecule has 0 unspecified atom stereocenters. The number of benzene rings is 2. The summed E-state index contributed by atoms with van der Waals surface area (Å²) in [6.45, 7) is 5.55. The van der Waals surface area contributed by atoms with Crippen LogP contribution in [0.1, 0.15) is 31.9 Å². The minimum Gasteiger partial charge on any atom is -0.325 e. The number of aryl methyl sites for hydroxylation is 1. The highest BCUT2D eigenvalue weighted by molar-refractivity contribution is 5.91. The van der Waals surface area contributed by atoms with Crippen LogP contribution in [0, 0.1) is 6.92 Å². The standard InChI is InChI=1S/C21H23N3O3/c1-4-15(3)24-20(26)17-7-5-6-8-18(17)23(21(24)27)13-19(25)22-16-11-9-14(2)10-12-16/h5-12,15H,4,13H2,1-3H3,(H,22,25)/t15-/m0/s1. The van der Waals surface area contributed by atoms with Gasteiger partial charge in [-0.2, -0.15) is 0 Å². The highest BCUT2D eigenvalue weighted by Gasteiger charge is 2.17. The Morgan fingerprint density at radius 1 is 1.07 bits per heavy atom. The van der Waals surface area contributed by atoms with E-state index in [0.29, 0.717) is 23.0 Å². The van der Waals surface area contributed by atoms with E-state index in [4.69, 9.17) is 0 Å². The first-order chi connectivity index (χ1) is 12.9. The van der Waals surface area contributed by atoms with Gasteiger partial charge in [-0.05, 0) is 44.5 Å². The lowest BCUT2D eigenvalue weighted by Gasteiger charge is -2.17. The second kappa shape index (κ2) is 7.61. The summed E-state index contributed by atoms with van der Waals surface area (Å²) in [5.41, 5.74) is 1.44. The van der Waals surface area contributed by atoms with E-state index in [9.17, 15) is 14.4 Å². The monoisotopic (exact) mass is 365 g/mol. The molecule has 1 N–H and O–H groups in total. The van der Waals surface area contributed by atoms with Gasteiger partial charge in [0.1, 0.15) is 6.54 Å². The van der Waals surface area contributed by atoms with Crippen molar-refractivity contribution < 1.29 is 4.79 Å². The van der Waals surface area contributed by atoms with Gasteiger partial charge in [0.05, 0.1) is 10.9 Å². The highest BCUT2D eigenvalue weighted by atomic mass is 16.2. The third kappa shape index (κ3) is 3.69. The van der Waals surface area contributed by atoms with Crippen LogP contribution in [0.5, 0.6) is 0 Å². The molecule has 6 nitrogen and oxygen atoms in total. The van der Waals surface area contributed by atoms with Gasteiger partial charge < -0.3 is 5.32 Å². The molecule has 27 heavy (non-hydrogen) atoms. The van der Waals surface area contributed by atoms with Crippen molar-refractivity contribution in [2.24, 2.45) is 0 Å². The fraction of sp³-hybridized carbons (Fsp3) is 0.286. The molecule has 3 aromatic rings. The molecule has 2 aromatic carbocycles. The number of carbonyl (C=O) groups is 1. The number of anilines is 1. The third-order valence-corrected chi connectivity index (χ3v) is 4.75. The Labute approximate surface area is 157 Å². The van der Waals surface area contributed by atoms with Crippen molar-refractivity contribution >= 4 is 22.5 Å². The fourth-order valence-electron chi connectivity index (χ4n) is 3.04. The molecule has 0 bridgehead atoms. The average molecular weight is 365 g/mol. The maximum atomic E-state index is 13.0. The van der Waals surface area contributed by atoms with Crippen LogP contribution in [0.2, 0.25) is 0 Å². The number of carbonyl (C=O) groups excluding carboxylic acids is 1. The topological polar surface area (TPSA) is 73.1 Å². The number of para-hydroxylation sites is 1. The Morgan fingerprint density at radius 3 is 2.41 bits per heavy atom. The summed E-state index contributed by atoms with van der Waals surface area (Å²) in [5, 5.41) is 3.23. The first-order valence-electron chi connectivity index (χ1n) is 9.03. The average Bonchev–Trinajstić information content (AvgIpc) is 2.67. The molecule has 0 aliphatic heterocycles. The van der Waals surface area contributed by atoms with Crippen LogP contribution in [-0.4, -0.2) is 15.0 Å². The molecule has 0 aliphatic rings. The Morgan fingerprint density at radius 2 is 1.74 bits per heavy atom. The molecule has 0 saturated heterocycles. The van der Waals surface area contributed by atoms with E-state index in [1.54, 1.807) is 24.3 Å². The zero-order chi connectivity index (χ0) is 19.6. The van der Waals surface area contributed by atoms with Gasteiger partial charge in [-0.15, -0.1) is 0 Å². The van der Waals surface area contributed by atoms with Crippen molar-refractivity contribution in [2.45, 2.75) is 39.8 Å². The van der Waals surface area contributed by atoms with E-state index >= 15 is 0 Å². The largest absolute Gasteiger partial charge is 0.332 e. The van der Waals surface area contributed by atoms with Gasteiger partial charge in [0.2, 0.25) is 5.91 Å². The summed E-state index contributed by atoms with van der Waals surface area (Å²) >= 11 is 0. The Kier molecular flexibility index (Phi) is 5.26. The molecular weight excluding hydrogens is 342 g/mol. The summed E-state index contributed by atoms with van der Waals surface area (Å²) in [4.78, 5) is 38.3. The Bertz CT molecular complexity index is 1090. The van der Waals surface area contributed by atoms with Gasteiger partial charge in [0, 0.05) is 11.7 Å². The van der Waals surface area contributed by atoms with E-state index in [0.717, 1.165) is 5.56 Å². The second-order valence-electron chi connectivity index (χ2n) is 6.73. The van der Waals surface area contributed by atoms with E-state index in [2.05, 4.69) is 5.32 Å². The van der Waals surface area contributed by atoms with Crippen LogP contribution in [0.25, 0.3) is 10.9 Å². The van der Waals surface area contributed by atoms with Crippen LogP contribution in [-0.2, 0) is 11.3 Å². The Hall–Kier alpha value is -3.15. The zero-order valence-corrected chi connectivity index (χ0v) is 15.7. The maximum absolute atomic E-state index is 13.0. The van der Waals surface area contributed by atoms with E-state index in [-0.39, 0.29) is 24.1 Å². The number of fused-ring (bicyclic) bond motifs is 1. The van der Waals surface area contributed by atoms with Crippen LogP contribution in [0.3, 0.4) is 0 Å². The maximum Gasteiger partial charge on any atom is 0.332 e. The molecule has 0 radical (unpaired) electrons. The first kappa shape index (κ1) is 18.6. The number of rotatable bonds is 5. The number of hydrogen-bond acceptors (Lipinski definition) is 3.